The van der Waals surface area contributed by atoms with Crippen LogP contribution in [0.2, 0.25) is 0 Å². The molecule has 8 heteroatoms. The SMILES string of the molecule is COc1cc(OC)cc(C(=O)Nc2ccc(Br)cc2C(=O)N/N=C/c2cccc(C)c2)c1. The molecule has 164 valence electrons. The lowest BCUT2D eigenvalue weighted by atomic mass is 10.1. The fourth-order valence-corrected chi connectivity index (χ4v) is 3.28. The number of hydrogen-bond acceptors (Lipinski definition) is 5. The zero-order chi connectivity index (χ0) is 23.1. The molecular formula is C24H22BrN3O4. The van der Waals surface area contributed by atoms with Gasteiger partial charge in [-0.1, -0.05) is 45.8 Å². The van der Waals surface area contributed by atoms with Crippen LogP contribution in [0.1, 0.15) is 31.8 Å². The van der Waals surface area contributed by atoms with Gasteiger partial charge in [-0.25, -0.2) is 5.43 Å². The molecule has 0 saturated heterocycles. The minimum absolute atomic E-state index is 0.254. The molecule has 32 heavy (non-hydrogen) atoms. The third-order valence-corrected chi connectivity index (χ3v) is 5.00. The topological polar surface area (TPSA) is 89.0 Å². The molecule has 0 radical (unpaired) electrons. The highest BCUT2D eigenvalue weighted by Crippen LogP contribution is 2.25. The van der Waals surface area contributed by atoms with Gasteiger partial charge in [-0.15, -0.1) is 0 Å². The van der Waals surface area contributed by atoms with E-state index in [2.05, 4.69) is 31.8 Å². The summed E-state index contributed by atoms with van der Waals surface area (Å²) >= 11 is 3.36. The largest absolute Gasteiger partial charge is 0.497 e. The number of halogens is 1. The van der Waals surface area contributed by atoms with Crippen LogP contribution in [0, 0.1) is 6.92 Å². The number of amides is 2. The lowest BCUT2D eigenvalue weighted by molar-refractivity contribution is 0.0956. The molecule has 3 aromatic carbocycles. The van der Waals surface area contributed by atoms with Gasteiger partial charge in [0.1, 0.15) is 11.5 Å². The van der Waals surface area contributed by atoms with E-state index in [0.717, 1.165) is 11.1 Å². The lowest BCUT2D eigenvalue weighted by Gasteiger charge is -2.12. The van der Waals surface area contributed by atoms with Crippen molar-refractivity contribution in [3.05, 3.63) is 87.4 Å². The Morgan fingerprint density at radius 2 is 1.66 bits per heavy atom. The molecule has 0 bridgehead atoms. The second kappa shape index (κ2) is 10.6. The van der Waals surface area contributed by atoms with E-state index in [1.807, 2.05) is 31.2 Å². The smallest absolute Gasteiger partial charge is 0.273 e. The summed E-state index contributed by atoms with van der Waals surface area (Å²) in [6.07, 6.45) is 1.56. The van der Waals surface area contributed by atoms with E-state index in [1.54, 1.807) is 42.6 Å². The average Bonchev–Trinajstić information content (AvgIpc) is 2.79. The van der Waals surface area contributed by atoms with Gasteiger partial charge < -0.3 is 14.8 Å². The first-order chi connectivity index (χ1) is 15.4. The van der Waals surface area contributed by atoms with Gasteiger partial charge in [-0.3, -0.25) is 9.59 Å². The molecule has 2 N–H and O–H groups in total. The van der Waals surface area contributed by atoms with Crippen molar-refractivity contribution in [2.24, 2.45) is 5.10 Å². The zero-order valence-electron chi connectivity index (χ0n) is 17.8. The Morgan fingerprint density at radius 1 is 0.938 bits per heavy atom. The number of carbonyl (C=O) groups is 2. The highest BCUT2D eigenvalue weighted by Gasteiger charge is 2.16. The molecule has 3 rings (SSSR count). The number of anilines is 1. The van der Waals surface area contributed by atoms with Crippen molar-refractivity contribution in [1.29, 1.82) is 0 Å². The van der Waals surface area contributed by atoms with Gasteiger partial charge >= 0.3 is 0 Å². The Bertz CT molecular complexity index is 1160. The van der Waals surface area contributed by atoms with Crippen molar-refractivity contribution >= 4 is 39.6 Å². The van der Waals surface area contributed by atoms with Crippen LogP contribution in [0.15, 0.2) is 70.2 Å². The first kappa shape index (κ1) is 23.0. The van der Waals surface area contributed by atoms with Crippen LogP contribution in [0.4, 0.5) is 5.69 Å². The predicted octanol–water partition coefficient (Wildman–Crippen LogP) is 4.79. The average molecular weight is 496 g/mol. The van der Waals surface area contributed by atoms with Gasteiger partial charge in [-0.05, 0) is 42.8 Å². The van der Waals surface area contributed by atoms with Gasteiger partial charge in [0, 0.05) is 16.1 Å². The summed E-state index contributed by atoms with van der Waals surface area (Å²) in [6.45, 7) is 1.98. The van der Waals surface area contributed by atoms with Crippen molar-refractivity contribution in [2.45, 2.75) is 6.92 Å². The molecule has 0 saturated carbocycles. The van der Waals surface area contributed by atoms with Crippen molar-refractivity contribution < 1.29 is 19.1 Å². The quantitative estimate of drug-likeness (QED) is 0.364. The highest BCUT2D eigenvalue weighted by atomic mass is 79.9. The van der Waals surface area contributed by atoms with Crippen molar-refractivity contribution in [2.75, 3.05) is 19.5 Å². The lowest BCUT2D eigenvalue weighted by Crippen LogP contribution is -2.21. The molecular weight excluding hydrogens is 474 g/mol. The van der Waals surface area contributed by atoms with Gasteiger partial charge in [-0.2, -0.15) is 5.10 Å². The number of methoxy groups -OCH3 is 2. The minimum atomic E-state index is -0.464. The Kier molecular flexibility index (Phi) is 7.62. The van der Waals surface area contributed by atoms with Crippen LogP contribution < -0.4 is 20.2 Å². The van der Waals surface area contributed by atoms with Gasteiger partial charge in [0.2, 0.25) is 0 Å². The zero-order valence-corrected chi connectivity index (χ0v) is 19.4. The van der Waals surface area contributed by atoms with E-state index < -0.39 is 11.8 Å². The van der Waals surface area contributed by atoms with Crippen LogP contribution in [0.3, 0.4) is 0 Å². The number of carbonyl (C=O) groups excluding carboxylic acids is 2. The molecule has 0 aromatic heterocycles. The molecule has 0 aliphatic heterocycles. The first-order valence-electron chi connectivity index (χ1n) is 9.63. The van der Waals surface area contributed by atoms with Crippen molar-refractivity contribution in [1.82, 2.24) is 5.43 Å². The fourth-order valence-electron chi connectivity index (χ4n) is 2.92. The number of nitrogens with zero attached hydrogens (tertiary/aromatic N) is 1. The maximum absolute atomic E-state index is 12.8. The third-order valence-electron chi connectivity index (χ3n) is 4.51. The Hall–Kier alpha value is -3.65. The van der Waals surface area contributed by atoms with E-state index in [0.29, 0.717) is 27.2 Å². The molecule has 0 heterocycles. The molecule has 2 amide bonds. The van der Waals surface area contributed by atoms with Crippen molar-refractivity contribution in [3.63, 3.8) is 0 Å². The predicted molar refractivity (Wildman–Crippen MR) is 128 cm³/mol. The summed E-state index contributed by atoms with van der Waals surface area (Å²) in [7, 11) is 3.01. The second-order valence-corrected chi connectivity index (χ2v) is 7.77. The Morgan fingerprint density at radius 3 is 2.31 bits per heavy atom. The summed E-state index contributed by atoms with van der Waals surface area (Å²) in [5.41, 5.74) is 5.37. The van der Waals surface area contributed by atoms with Crippen LogP contribution in [0.5, 0.6) is 11.5 Å². The Balaban J connectivity index is 1.80. The molecule has 0 aliphatic carbocycles. The van der Waals surface area contributed by atoms with Crippen LogP contribution in [-0.2, 0) is 0 Å². The number of rotatable bonds is 7. The summed E-state index contributed by atoms with van der Waals surface area (Å²) in [5.74, 6) is 0.0816. The maximum atomic E-state index is 12.8. The van der Waals surface area contributed by atoms with Crippen LogP contribution in [-0.4, -0.2) is 32.2 Å². The molecule has 0 aliphatic rings. The highest BCUT2D eigenvalue weighted by molar-refractivity contribution is 9.10. The van der Waals surface area contributed by atoms with Gasteiger partial charge in [0.15, 0.2) is 0 Å². The standard InChI is InChI=1S/C24H22BrN3O4/c1-15-5-4-6-16(9-15)14-26-28-24(30)21-12-18(25)7-8-22(21)27-23(29)17-10-19(31-2)13-20(11-17)32-3/h4-14H,1-3H3,(H,27,29)(H,28,30)/b26-14+. The monoisotopic (exact) mass is 495 g/mol. The first-order valence-corrected chi connectivity index (χ1v) is 10.4. The summed E-state index contributed by atoms with van der Waals surface area (Å²) < 4.78 is 11.1. The van der Waals surface area contributed by atoms with Gasteiger partial charge in [0.05, 0.1) is 31.7 Å². The van der Waals surface area contributed by atoms with Crippen LogP contribution >= 0.6 is 15.9 Å². The number of hydrazone groups is 1. The summed E-state index contributed by atoms with van der Waals surface area (Å²) in [5, 5.41) is 6.80. The second-order valence-electron chi connectivity index (χ2n) is 6.86. The Labute approximate surface area is 194 Å². The maximum Gasteiger partial charge on any atom is 0.273 e. The third kappa shape index (κ3) is 5.95. The number of hydrogen-bond donors (Lipinski definition) is 2. The molecule has 3 aromatic rings. The fraction of sp³-hybridized carbons (Fsp3) is 0.125. The van der Waals surface area contributed by atoms with E-state index in [1.165, 1.54) is 14.2 Å². The summed E-state index contributed by atoms with van der Waals surface area (Å²) in [4.78, 5) is 25.6. The normalized spacial score (nSPS) is 10.6. The number of benzene rings is 3. The molecule has 7 nitrogen and oxygen atoms in total. The van der Waals surface area contributed by atoms with E-state index in [4.69, 9.17) is 9.47 Å². The van der Waals surface area contributed by atoms with Gasteiger partial charge in [0.25, 0.3) is 11.8 Å². The molecule has 0 atom stereocenters. The number of nitrogens with one attached hydrogen (secondary N) is 2. The van der Waals surface area contributed by atoms with E-state index in [9.17, 15) is 9.59 Å². The molecule has 0 spiro atoms. The molecule has 0 unspecified atom stereocenters. The van der Waals surface area contributed by atoms with Crippen molar-refractivity contribution in [3.8, 4) is 11.5 Å². The van der Waals surface area contributed by atoms with Crippen LogP contribution in [0.25, 0.3) is 0 Å². The van der Waals surface area contributed by atoms with E-state index in [-0.39, 0.29) is 5.56 Å². The number of ether oxygens (including phenoxy) is 2. The van der Waals surface area contributed by atoms with E-state index >= 15 is 0 Å². The number of aryl methyl sites for hydroxylation is 1. The minimum Gasteiger partial charge on any atom is -0.497 e. The summed E-state index contributed by atoms with van der Waals surface area (Å²) in [6, 6.07) is 17.5. The molecule has 0 fully saturated rings.